The average molecular weight is 290 g/mol. The molecule has 1 aliphatic carbocycles. The second-order valence-corrected chi connectivity index (χ2v) is 6.11. The molecule has 0 N–H and O–H groups in total. The van der Waals surface area contributed by atoms with Crippen LogP contribution in [0.1, 0.15) is 63.9 Å². The lowest BCUT2D eigenvalue weighted by Crippen LogP contribution is -2.13. The van der Waals surface area contributed by atoms with Gasteiger partial charge in [-0.15, -0.1) is 0 Å². The summed E-state index contributed by atoms with van der Waals surface area (Å²) >= 11 is 0. The van der Waals surface area contributed by atoms with Crippen LogP contribution in [-0.4, -0.2) is 0 Å². The van der Waals surface area contributed by atoms with E-state index < -0.39 is 11.6 Å². The third kappa shape index (κ3) is 5.16. The summed E-state index contributed by atoms with van der Waals surface area (Å²) in [5, 5.41) is 0. The molecule has 1 saturated carbocycles. The fourth-order valence-corrected chi connectivity index (χ4v) is 3.05. The van der Waals surface area contributed by atoms with E-state index in [0.717, 1.165) is 24.8 Å². The molecule has 1 fully saturated rings. The normalized spacial score (nSPS) is 21.7. The Morgan fingerprint density at radius 1 is 1.10 bits per heavy atom. The summed E-state index contributed by atoms with van der Waals surface area (Å²) in [4.78, 5) is 0. The van der Waals surface area contributed by atoms with Gasteiger partial charge in [0.1, 0.15) is 11.6 Å². The minimum absolute atomic E-state index is 0.307. The molecule has 2 rings (SSSR count). The number of benzene rings is 1. The second-order valence-electron chi connectivity index (χ2n) is 6.11. The molecule has 0 unspecified atom stereocenters. The van der Waals surface area contributed by atoms with E-state index in [-0.39, 0.29) is 0 Å². The zero-order valence-electron chi connectivity index (χ0n) is 12.8. The summed E-state index contributed by atoms with van der Waals surface area (Å²) in [6, 6.07) is 3.58. The second kappa shape index (κ2) is 8.17. The smallest absolute Gasteiger partial charge is 0.141 e. The summed E-state index contributed by atoms with van der Waals surface area (Å²) in [7, 11) is 0. The number of hydrogen-bond donors (Lipinski definition) is 0. The molecule has 1 aromatic carbocycles. The fraction of sp³-hybridized carbons (Fsp3) is 0.579. The number of hydrogen-bond acceptors (Lipinski definition) is 0. The molecule has 0 radical (unpaired) electrons. The van der Waals surface area contributed by atoms with Crippen molar-refractivity contribution in [3.05, 3.63) is 35.4 Å². The van der Waals surface area contributed by atoms with Crippen molar-refractivity contribution in [2.75, 3.05) is 0 Å². The Labute approximate surface area is 127 Å². The summed E-state index contributed by atoms with van der Waals surface area (Å²) < 4.78 is 26.3. The Kier molecular flexibility index (Phi) is 6.23. The van der Waals surface area contributed by atoms with Crippen molar-refractivity contribution in [2.24, 2.45) is 11.8 Å². The standard InChI is InChI=1S/C19H24F2/c1-2-3-4-5-15-6-8-16(9-7-15)10-11-17-12-13-18(20)14-19(17)21/h12-16H,2-9H2,1H3/t15-,16-. The van der Waals surface area contributed by atoms with Crippen molar-refractivity contribution in [1.29, 1.82) is 0 Å². The van der Waals surface area contributed by atoms with Crippen LogP contribution in [0.15, 0.2) is 18.2 Å². The molecule has 1 aromatic rings. The van der Waals surface area contributed by atoms with Crippen LogP contribution in [0.3, 0.4) is 0 Å². The van der Waals surface area contributed by atoms with E-state index in [1.165, 1.54) is 50.7 Å². The molecule has 0 amide bonds. The fourth-order valence-electron chi connectivity index (χ4n) is 3.05. The van der Waals surface area contributed by atoms with Crippen LogP contribution >= 0.6 is 0 Å². The van der Waals surface area contributed by atoms with Crippen LogP contribution in [0, 0.1) is 35.3 Å². The van der Waals surface area contributed by atoms with E-state index in [1.54, 1.807) is 0 Å². The topological polar surface area (TPSA) is 0 Å². The summed E-state index contributed by atoms with van der Waals surface area (Å²) in [6.07, 6.45) is 10.0. The van der Waals surface area contributed by atoms with Gasteiger partial charge in [0.15, 0.2) is 0 Å². The largest absolute Gasteiger partial charge is 0.207 e. The van der Waals surface area contributed by atoms with Gasteiger partial charge in [-0.25, -0.2) is 8.78 Å². The number of halogens is 2. The minimum atomic E-state index is -0.559. The van der Waals surface area contributed by atoms with E-state index in [1.807, 2.05) is 0 Å². The Morgan fingerprint density at radius 2 is 1.86 bits per heavy atom. The van der Waals surface area contributed by atoms with Gasteiger partial charge < -0.3 is 0 Å². The van der Waals surface area contributed by atoms with Crippen molar-refractivity contribution in [3.8, 4) is 11.8 Å². The Bertz CT molecular complexity index is 502. The maximum Gasteiger partial charge on any atom is 0.141 e. The quantitative estimate of drug-likeness (QED) is 0.492. The summed E-state index contributed by atoms with van der Waals surface area (Å²) in [5.41, 5.74) is 0.307. The van der Waals surface area contributed by atoms with Gasteiger partial charge in [0.05, 0.1) is 5.56 Å². The van der Waals surface area contributed by atoms with Crippen molar-refractivity contribution in [1.82, 2.24) is 0 Å². The molecular weight excluding hydrogens is 266 g/mol. The number of unbranched alkanes of at least 4 members (excludes halogenated alkanes) is 2. The lowest BCUT2D eigenvalue weighted by Gasteiger charge is -2.25. The molecule has 21 heavy (non-hydrogen) atoms. The first-order valence-electron chi connectivity index (χ1n) is 8.15. The summed E-state index contributed by atoms with van der Waals surface area (Å²) in [5.74, 6) is 6.18. The lowest BCUT2D eigenvalue weighted by molar-refractivity contribution is 0.294. The van der Waals surface area contributed by atoms with Gasteiger partial charge in [0, 0.05) is 12.0 Å². The van der Waals surface area contributed by atoms with Gasteiger partial charge in [0.25, 0.3) is 0 Å². The van der Waals surface area contributed by atoms with E-state index >= 15 is 0 Å². The molecule has 1 aliphatic rings. The van der Waals surface area contributed by atoms with Crippen molar-refractivity contribution in [3.63, 3.8) is 0 Å². The zero-order valence-corrected chi connectivity index (χ0v) is 12.8. The first-order chi connectivity index (χ1) is 10.2. The maximum absolute atomic E-state index is 13.5. The van der Waals surface area contributed by atoms with Gasteiger partial charge >= 0.3 is 0 Å². The molecule has 2 heteroatoms. The lowest BCUT2D eigenvalue weighted by atomic mass is 9.80. The van der Waals surface area contributed by atoms with Gasteiger partial charge in [-0.3, -0.25) is 0 Å². The van der Waals surface area contributed by atoms with Gasteiger partial charge in [-0.05, 0) is 43.7 Å². The Morgan fingerprint density at radius 3 is 2.52 bits per heavy atom. The van der Waals surface area contributed by atoms with Gasteiger partial charge in [-0.1, -0.05) is 44.4 Å². The minimum Gasteiger partial charge on any atom is -0.207 e. The molecule has 0 bridgehead atoms. The monoisotopic (exact) mass is 290 g/mol. The highest BCUT2D eigenvalue weighted by Crippen LogP contribution is 2.31. The molecule has 0 saturated heterocycles. The van der Waals surface area contributed by atoms with Crippen LogP contribution in [0.4, 0.5) is 8.78 Å². The maximum atomic E-state index is 13.5. The predicted octanol–water partition coefficient (Wildman–Crippen LogP) is 5.70. The highest BCUT2D eigenvalue weighted by atomic mass is 19.1. The van der Waals surface area contributed by atoms with E-state index in [0.29, 0.717) is 11.5 Å². The van der Waals surface area contributed by atoms with Crippen molar-refractivity contribution >= 4 is 0 Å². The molecule has 114 valence electrons. The highest BCUT2D eigenvalue weighted by molar-refractivity contribution is 5.36. The molecule has 0 heterocycles. The van der Waals surface area contributed by atoms with Crippen LogP contribution in [-0.2, 0) is 0 Å². The Hall–Kier alpha value is -1.36. The molecule has 0 nitrogen and oxygen atoms in total. The first kappa shape index (κ1) is 16.0. The van der Waals surface area contributed by atoms with Crippen LogP contribution in [0.2, 0.25) is 0 Å². The van der Waals surface area contributed by atoms with Crippen LogP contribution in [0.5, 0.6) is 0 Å². The average Bonchev–Trinajstić information content (AvgIpc) is 2.48. The highest BCUT2D eigenvalue weighted by Gasteiger charge is 2.19. The van der Waals surface area contributed by atoms with E-state index in [9.17, 15) is 8.78 Å². The molecule has 0 spiro atoms. The summed E-state index contributed by atoms with van der Waals surface area (Å²) in [6.45, 7) is 2.24. The molecule has 0 aliphatic heterocycles. The van der Waals surface area contributed by atoms with Crippen molar-refractivity contribution < 1.29 is 8.78 Å². The van der Waals surface area contributed by atoms with Crippen molar-refractivity contribution in [2.45, 2.75) is 58.3 Å². The SMILES string of the molecule is CCCCC[C@H]1CC[C@H](C#Cc2ccc(F)cc2F)CC1. The molecule has 0 aromatic heterocycles. The first-order valence-corrected chi connectivity index (χ1v) is 8.15. The van der Waals surface area contributed by atoms with Gasteiger partial charge in [-0.2, -0.15) is 0 Å². The molecular formula is C19H24F2. The van der Waals surface area contributed by atoms with E-state index in [2.05, 4.69) is 18.8 Å². The van der Waals surface area contributed by atoms with E-state index in [4.69, 9.17) is 0 Å². The number of rotatable bonds is 4. The van der Waals surface area contributed by atoms with Crippen LogP contribution < -0.4 is 0 Å². The zero-order chi connectivity index (χ0) is 15.1. The third-order valence-corrected chi connectivity index (χ3v) is 4.40. The predicted molar refractivity (Wildman–Crippen MR) is 82.8 cm³/mol. The van der Waals surface area contributed by atoms with Crippen LogP contribution in [0.25, 0.3) is 0 Å². The van der Waals surface area contributed by atoms with Gasteiger partial charge in [0.2, 0.25) is 0 Å². The Balaban J connectivity index is 1.82. The third-order valence-electron chi connectivity index (χ3n) is 4.40. The molecule has 0 atom stereocenters.